The molecule has 0 aromatic carbocycles. The molecule has 0 aromatic heterocycles. The summed E-state index contributed by atoms with van der Waals surface area (Å²) < 4.78 is 5.58. The Bertz CT molecular complexity index is 290. The van der Waals surface area contributed by atoms with Crippen molar-refractivity contribution in [3.05, 3.63) is 0 Å². The highest BCUT2D eigenvalue weighted by Gasteiger charge is 2.34. The van der Waals surface area contributed by atoms with Gasteiger partial charge in [-0.05, 0) is 32.6 Å². The number of halogens is 1. The first-order valence-corrected chi connectivity index (χ1v) is 7.68. The van der Waals surface area contributed by atoms with Crippen molar-refractivity contribution >= 4 is 17.5 Å². The summed E-state index contributed by atoms with van der Waals surface area (Å²) in [6.45, 7) is 2.73. The molecule has 2 rings (SSSR count). The normalized spacial score (nSPS) is 31.2. The van der Waals surface area contributed by atoms with Crippen LogP contribution >= 0.6 is 11.6 Å². The predicted molar refractivity (Wildman–Crippen MR) is 72.8 cm³/mol. The quantitative estimate of drug-likeness (QED) is 0.800. The van der Waals surface area contributed by atoms with Crippen LogP contribution in [0, 0.1) is 5.41 Å². The molecule has 0 bridgehead atoms. The van der Waals surface area contributed by atoms with E-state index >= 15 is 0 Å². The Morgan fingerprint density at radius 3 is 2.61 bits per heavy atom. The Hall–Kier alpha value is -0.280. The van der Waals surface area contributed by atoms with Crippen LogP contribution in [0.3, 0.4) is 0 Å². The van der Waals surface area contributed by atoms with E-state index in [0.717, 1.165) is 25.7 Å². The van der Waals surface area contributed by atoms with Gasteiger partial charge in [-0.2, -0.15) is 0 Å². The lowest BCUT2D eigenvalue weighted by Gasteiger charge is -2.35. The fraction of sp³-hybridized carbons (Fsp3) is 0.929. The number of nitrogens with one attached hydrogen (secondary N) is 1. The maximum Gasteiger partial charge on any atom is 0.249 e. The molecule has 2 atom stereocenters. The van der Waals surface area contributed by atoms with Crippen molar-refractivity contribution in [2.45, 2.75) is 64.1 Å². The van der Waals surface area contributed by atoms with Gasteiger partial charge in [0, 0.05) is 17.8 Å². The molecule has 3 nitrogen and oxygen atoms in total. The number of ether oxygens (including phenoxy) is 1. The maximum absolute atomic E-state index is 12.0. The van der Waals surface area contributed by atoms with Gasteiger partial charge in [-0.25, -0.2) is 0 Å². The van der Waals surface area contributed by atoms with Crippen molar-refractivity contribution in [3.8, 4) is 0 Å². The molecule has 1 amide bonds. The first-order chi connectivity index (χ1) is 8.65. The lowest BCUT2D eigenvalue weighted by molar-refractivity contribution is -0.132. The second-order valence-corrected chi connectivity index (χ2v) is 6.19. The second kappa shape index (κ2) is 6.25. The van der Waals surface area contributed by atoms with Gasteiger partial charge in [0.1, 0.15) is 6.10 Å². The Labute approximate surface area is 115 Å². The third kappa shape index (κ3) is 3.39. The van der Waals surface area contributed by atoms with Gasteiger partial charge < -0.3 is 10.1 Å². The van der Waals surface area contributed by atoms with Crippen LogP contribution in [0.25, 0.3) is 0 Å². The van der Waals surface area contributed by atoms with E-state index in [4.69, 9.17) is 16.3 Å². The van der Waals surface area contributed by atoms with Crippen LogP contribution in [0.4, 0.5) is 0 Å². The van der Waals surface area contributed by atoms with Gasteiger partial charge in [-0.3, -0.25) is 4.79 Å². The molecule has 0 radical (unpaired) electrons. The topological polar surface area (TPSA) is 38.3 Å². The molecule has 2 fully saturated rings. The maximum atomic E-state index is 12.0. The summed E-state index contributed by atoms with van der Waals surface area (Å²) in [5.41, 5.74) is 0.125. The van der Waals surface area contributed by atoms with E-state index in [1.807, 2.05) is 6.92 Å². The fourth-order valence-corrected chi connectivity index (χ4v) is 3.41. The van der Waals surface area contributed by atoms with E-state index < -0.39 is 0 Å². The molecule has 0 aromatic rings. The van der Waals surface area contributed by atoms with E-state index in [9.17, 15) is 4.79 Å². The van der Waals surface area contributed by atoms with Crippen LogP contribution in [-0.2, 0) is 9.53 Å². The molecule has 0 spiro atoms. The van der Waals surface area contributed by atoms with Gasteiger partial charge in [0.2, 0.25) is 5.91 Å². The van der Waals surface area contributed by atoms with E-state index in [1.165, 1.54) is 19.3 Å². The smallest absolute Gasteiger partial charge is 0.249 e. The summed E-state index contributed by atoms with van der Waals surface area (Å²) in [6, 6.07) is 0. The van der Waals surface area contributed by atoms with Gasteiger partial charge in [0.15, 0.2) is 0 Å². The first-order valence-electron chi connectivity index (χ1n) is 7.14. The number of amides is 1. The molecule has 104 valence electrons. The molecule has 1 saturated carbocycles. The highest BCUT2D eigenvalue weighted by atomic mass is 35.5. The molecule has 1 saturated heterocycles. The minimum absolute atomic E-state index is 0.0504. The average molecular weight is 274 g/mol. The minimum Gasteiger partial charge on any atom is -0.365 e. The minimum atomic E-state index is -0.240. The fourth-order valence-electron chi connectivity index (χ4n) is 3.04. The highest BCUT2D eigenvalue weighted by Crippen LogP contribution is 2.36. The second-order valence-electron chi connectivity index (χ2n) is 5.92. The lowest BCUT2D eigenvalue weighted by atomic mass is 9.75. The zero-order chi connectivity index (χ0) is 13.0. The third-order valence-corrected chi connectivity index (χ3v) is 4.93. The molecule has 1 N–H and O–H groups in total. The van der Waals surface area contributed by atoms with Crippen molar-refractivity contribution in [3.63, 3.8) is 0 Å². The summed E-state index contributed by atoms with van der Waals surface area (Å²) in [4.78, 5) is 12.0. The summed E-state index contributed by atoms with van der Waals surface area (Å²) in [6.07, 6.45) is 7.86. The van der Waals surface area contributed by atoms with Crippen LogP contribution in [0.5, 0.6) is 0 Å². The molecular formula is C14H24ClNO2. The van der Waals surface area contributed by atoms with Crippen molar-refractivity contribution in [2.75, 3.05) is 12.4 Å². The summed E-state index contributed by atoms with van der Waals surface area (Å²) in [5, 5.41) is 3.06. The molecule has 1 heterocycles. The van der Waals surface area contributed by atoms with Crippen molar-refractivity contribution < 1.29 is 9.53 Å². The summed E-state index contributed by atoms with van der Waals surface area (Å²) in [7, 11) is 0. The van der Waals surface area contributed by atoms with Gasteiger partial charge in [0.05, 0.1) is 6.10 Å². The van der Waals surface area contributed by atoms with E-state index in [1.54, 1.807) is 0 Å². The van der Waals surface area contributed by atoms with E-state index in [0.29, 0.717) is 12.4 Å². The van der Waals surface area contributed by atoms with Gasteiger partial charge in [-0.15, -0.1) is 11.6 Å². The largest absolute Gasteiger partial charge is 0.365 e. The Balaban J connectivity index is 1.80. The molecule has 1 aliphatic carbocycles. The lowest BCUT2D eigenvalue weighted by Crippen LogP contribution is -2.43. The number of alkyl halides is 1. The standard InChI is InChI=1S/C14H24ClNO2/c1-11-5-6-12(18-11)13(17)16-10-14(9-15)7-3-2-4-8-14/h11-12H,2-10H2,1H3,(H,16,17). The SMILES string of the molecule is CC1CCC(C(=O)NCC2(CCl)CCCCC2)O1. The van der Waals surface area contributed by atoms with Crippen LogP contribution in [-0.4, -0.2) is 30.5 Å². The van der Waals surface area contributed by atoms with Crippen LogP contribution in [0.1, 0.15) is 51.9 Å². The number of hydrogen-bond acceptors (Lipinski definition) is 2. The third-order valence-electron chi connectivity index (χ3n) is 4.36. The van der Waals surface area contributed by atoms with Crippen molar-refractivity contribution in [1.82, 2.24) is 5.32 Å². The number of carbonyl (C=O) groups excluding carboxylic acids is 1. The van der Waals surface area contributed by atoms with E-state index in [-0.39, 0.29) is 23.5 Å². The molecular weight excluding hydrogens is 250 g/mol. The first kappa shape index (κ1) is 14.1. The zero-order valence-electron chi connectivity index (χ0n) is 11.2. The van der Waals surface area contributed by atoms with Crippen LogP contribution < -0.4 is 5.32 Å². The monoisotopic (exact) mass is 273 g/mol. The van der Waals surface area contributed by atoms with Gasteiger partial charge in [-0.1, -0.05) is 19.3 Å². The van der Waals surface area contributed by atoms with Crippen molar-refractivity contribution in [2.24, 2.45) is 5.41 Å². The van der Waals surface area contributed by atoms with Gasteiger partial charge in [0.25, 0.3) is 0 Å². The molecule has 2 unspecified atom stereocenters. The number of rotatable bonds is 4. The molecule has 2 aliphatic rings. The van der Waals surface area contributed by atoms with Crippen molar-refractivity contribution in [1.29, 1.82) is 0 Å². The Morgan fingerprint density at radius 2 is 2.06 bits per heavy atom. The Morgan fingerprint density at radius 1 is 1.33 bits per heavy atom. The number of hydrogen-bond donors (Lipinski definition) is 1. The average Bonchev–Trinajstić information content (AvgIpc) is 2.84. The predicted octanol–water partition coefficient (Wildman–Crippen LogP) is 2.86. The van der Waals surface area contributed by atoms with E-state index in [2.05, 4.69) is 5.32 Å². The molecule has 18 heavy (non-hydrogen) atoms. The highest BCUT2D eigenvalue weighted by molar-refractivity contribution is 6.18. The Kier molecular flexibility index (Phi) is 4.91. The number of carbonyl (C=O) groups is 1. The van der Waals surface area contributed by atoms with Crippen LogP contribution in [0.15, 0.2) is 0 Å². The van der Waals surface area contributed by atoms with Gasteiger partial charge >= 0.3 is 0 Å². The summed E-state index contributed by atoms with van der Waals surface area (Å²) in [5.74, 6) is 0.698. The zero-order valence-corrected chi connectivity index (χ0v) is 12.0. The molecule has 1 aliphatic heterocycles. The summed E-state index contributed by atoms with van der Waals surface area (Å²) >= 11 is 6.12. The molecule has 4 heteroatoms. The van der Waals surface area contributed by atoms with Crippen LogP contribution in [0.2, 0.25) is 0 Å².